The molecule has 0 aromatic rings. The minimum atomic E-state index is -0.0732. The standard InChI is InChI=1S/C13H24BrNO/c1-13(2,9-10-14)15-12(16)8-7-11-5-3-4-6-11/h11H,3-10H2,1-2H3,(H,15,16). The number of alkyl halides is 1. The molecule has 0 aromatic heterocycles. The van der Waals surface area contributed by atoms with Crippen molar-refractivity contribution in [3.05, 3.63) is 0 Å². The van der Waals surface area contributed by atoms with Gasteiger partial charge in [-0.15, -0.1) is 0 Å². The summed E-state index contributed by atoms with van der Waals surface area (Å²) in [6.45, 7) is 4.17. The molecule has 0 unspecified atom stereocenters. The van der Waals surface area contributed by atoms with Crippen molar-refractivity contribution in [3.63, 3.8) is 0 Å². The van der Waals surface area contributed by atoms with E-state index >= 15 is 0 Å². The fraction of sp³-hybridized carbons (Fsp3) is 0.923. The van der Waals surface area contributed by atoms with Gasteiger partial charge >= 0.3 is 0 Å². The second-order valence-electron chi connectivity index (χ2n) is 5.56. The summed E-state index contributed by atoms with van der Waals surface area (Å²) >= 11 is 3.42. The Morgan fingerprint density at radius 2 is 2.00 bits per heavy atom. The zero-order valence-corrected chi connectivity index (χ0v) is 12.1. The molecule has 0 atom stereocenters. The molecule has 1 amide bonds. The van der Waals surface area contributed by atoms with E-state index in [0.29, 0.717) is 6.42 Å². The van der Waals surface area contributed by atoms with Crippen LogP contribution in [0.2, 0.25) is 0 Å². The van der Waals surface area contributed by atoms with Gasteiger partial charge in [0.25, 0.3) is 0 Å². The van der Waals surface area contributed by atoms with Crippen LogP contribution in [0, 0.1) is 5.92 Å². The maximum Gasteiger partial charge on any atom is 0.220 e. The fourth-order valence-corrected chi connectivity index (χ4v) is 3.36. The molecule has 3 heteroatoms. The third kappa shape index (κ3) is 5.33. The van der Waals surface area contributed by atoms with Crippen molar-refractivity contribution in [2.75, 3.05) is 5.33 Å². The molecule has 0 aromatic carbocycles. The second-order valence-corrected chi connectivity index (χ2v) is 6.35. The molecule has 0 saturated heterocycles. The van der Waals surface area contributed by atoms with E-state index in [2.05, 4.69) is 35.1 Å². The largest absolute Gasteiger partial charge is 0.351 e. The summed E-state index contributed by atoms with van der Waals surface area (Å²) in [5.41, 5.74) is -0.0732. The number of nitrogens with one attached hydrogen (secondary N) is 1. The Bertz CT molecular complexity index is 222. The van der Waals surface area contributed by atoms with Crippen molar-refractivity contribution in [1.29, 1.82) is 0 Å². The predicted molar refractivity (Wildman–Crippen MR) is 71.8 cm³/mol. The van der Waals surface area contributed by atoms with Crippen LogP contribution in [0.15, 0.2) is 0 Å². The number of halogens is 1. The van der Waals surface area contributed by atoms with E-state index in [0.717, 1.165) is 24.1 Å². The molecule has 0 bridgehead atoms. The van der Waals surface area contributed by atoms with Gasteiger partial charge < -0.3 is 5.32 Å². The van der Waals surface area contributed by atoms with Gasteiger partial charge in [0.2, 0.25) is 5.91 Å². The number of hydrogen-bond donors (Lipinski definition) is 1. The molecule has 94 valence electrons. The normalized spacial score (nSPS) is 17.7. The number of carbonyl (C=O) groups excluding carboxylic acids is 1. The molecule has 2 nitrogen and oxygen atoms in total. The molecular weight excluding hydrogens is 266 g/mol. The van der Waals surface area contributed by atoms with E-state index < -0.39 is 0 Å². The van der Waals surface area contributed by atoms with Crippen LogP contribution in [0.3, 0.4) is 0 Å². The third-order valence-electron chi connectivity index (χ3n) is 3.45. The molecule has 1 fully saturated rings. The van der Waals surface area contributed by atoms with Crippen LogP contribution in [-0.2, 0) is 4.79 Å². The molecule has 16 heavy (non-hydrogen) atoms. The molecule has 0 spiro atoms. The Morgan fingerprint density at radius 1 is 1.38 bits per heavy atom. The van der Waals surface area contributed by atoms with Gasteiger partial charge in [0.15, 0.2) is 0 Å². The topological polar surface area (TPSA) is 29.1 Å². The van der Waals surface area contributed by atoms with Crippen LogP contribution in [0.1, 0.15) is 58.8 Å². The third-order valence-corrected chi connectivity index (χ3v) is 3.85. The zero-order chi connectivity index (χ0) is 12.0. The smallest absolute Gasteiger partial charge is 0.220 e. The van der Waals surface area contributed by atoms with Crippen molar-refractivity contribution in [3.8, 4) is 0 Å². The van der Waals surface area contributed by atoms with E-state index in [1.54, 1.807) is 0 Å². The first-order valence-corrected chi connectivity index (χ1v) is 7.52. The quantitative estimate of drug-likeness (QED) is 0.743. The predicted octanol–water partition coefficient (Wildman–Crippen LogP) is 3.64. The number of rotatable bonds is 6. The lowest BCUT2D eigenvalue weighted by Crippen LogP contribution is -2.43. The summed E-state index contributed by atoms with van der Waals surface area (Å²) < 4.78 is 0. The maximum absolute atomic E-state index is 11.8. The number of amides is 1. The minimum absolute atomic E-state index is 0.0732. The fourth-order valence-electron chi connectivity index (χ4n) is 2.37. The SMILES string of the molecule is CC(C)(CCBr)NC(=O)CCC1CCCC1. The average molecular weight is 290 g/mol. The first-order chi connectivity index (χ1) is 7.53. The summed E-state index contributed by atoms with van der Waals surface area (Å²) in [7, 11) is 0. The van der Waals surface area contributed by atoms with Gasteiger partial charge in [-0.2, -0.15) is 0 Å². The van der Waals surface area contributed by atoms with Crippen LogP contribution < -0.4 is 5.32 Å². The Balaban J connectivity index is 2.19. The molecule has 1 aliphatic rings. The molecule has 1 N–H and O–H groups in total. The lowest BCUT2D eigenvalue weighted by atomic mass is 9.99. The van der Waals surface area contributed by atoms with E-state index in [-0.39, 0.29) is 11.4 Å². The molecule has 0 heterocycles. The van der Waals surface area contributed by atoms with Gasteiger partial charge in [-0.05, 0) is 32.6 Å². The first-order valence-electron chi connectivity index (χ1n) is 6.40. The van der Waals surface area contributed by atoms with Crippen LogP contribution >= 0.6 is 15.9 Å². The van der Waals surface area contributed by atoms with Gasteiger partial charge in [-0.1, -0.05) is 41.6 Å². The van der Waals surface area contributed by atoms with Crippen molar-refractivity contribution in [2.24, 2.45) is 5.92 Å². The van der Waals surface area contributed by atoms with Crippen LogP contribution in [0.4, 0.5) is 0 Å². The number of carbonyl (C=O) groups is 1. The van der Waals surface area contributed by atoms with Crippen LogP contribution in [-0.4, -0.2) is 16.8 Å². The first kappa shape index (κ1) is 14.0. The van der Waals surface area contributed by atoms with Crippen molar-refractivity contribution in [2.45, 2.75) is 64.3 Å². The summed E-state index contributed by atoms with van der Waals surface area (Å²) in [6, 6.07) is 0. The lowest BCUT2D eigenvalue weighted by Gasteiger charge is -2.25. The summed E-state index contributed by atoms with van der Waals surface area (Å²) in [6.07, 6.45) is 8.15. The van der Waals surface area contributed by atoms with E-state index in [1.807, 2.05) is 0 Å². The highest BCUT2D eigenvalue weighted by molar-refractivity contribution is 9.09. The molecule has 1 saturated carbocycles. The van der Waals surface area contributed by atoms with Gasteiger partial charge in [-0.25, -0.2) is 0 Å². The van der Waals surface area contributed by atoms with Crippen molar-refractivity contribution in [1.82, 2.24) is 5.32 Å². The monoisotopic (exact) mass is 289 g/mol. The Hall–Kier alpha value is -0.0500. The van der Waals surface area contributed by atoms with Gasteiger partial charge in [0.05, 0.1) is 0 Å². The minimum Gasteiger partial charge on any atom is -0.351 e. The molecule has 0 radical (unpaired) electrons. The molecular formula is C13H24BrNO. The Kier molecular flexibility index (Phi) is 5.81. The summed E-state index contributed by atoms with van der Waals surface area (Å²) in [5, 5.41) is 4.05. The van der Waals surface area contributed by atoms with E-state index in [9.17, 15) is 4.79 Å². The molecule has 1 rings (SSSR count). The maximum atomic E-state index is 11.8. The van der Waals surface area contributed by atoms with Crippen molar-refractivity contribution >= 4 is 21.8 Å². The highest BCUT2D eigenvalue weighted by atomic mass is 79.9. The summed E-state index contributed by atoms with van der Waals surface area (Å²) in [4.78, 5) is 11.8. The number of hydrogen-bond acceptors (Lipinski definition) is 1. The Labute approximate surface area is 108 Å². The van der Waals surface area contributed by atoms with Crippen molar-refractivity contribution < 1.29 is 4.79 Å². The molecule has 1 aliphatic carbocycles. The molecule has 0 aliphatic heterocycles. The van der Waals surface area contributed by atoms with Crippen LogP contribution in [0.5, 0.6) is 0 Å². The van der Waals surface area contributed by atoms with E-state index in [1.165, 1.54) is 25.7 Å². The highest BCUT2D eigenvalue weighted by Gasteiger charge is 2.21. The second kappa shape index (κ2) is 6.63. The summed E-state index contributed by atoms with van der Waals surface area (Å²) in [5.74, 6) is 1.03. The highest BCUT2D eigenvalue weighted by Crippen LogP contribution is 2.28. The van der Waals surface area contributed by atoms with E-state index in [4.69, 9.17) is 0 Å². The van der Waals surface area contributed by atoms with Gasteiger partial charge in [0.1, 0.15) is 0 Å². The average Bonchev–Trinajstić information content (AvgIpc) is 2.66. The Morgan fingerprint density at radius 3 is 2.56 bits per heavy atom. The lowest BCUT2D eigenvalue weighted by molar-refractivity contribution is -0.123. The van der Waals surface area contributed by atoms with Crippen LogP contribution in [0.25, 0.3) is 0 Å². The van der Waals surface area contributed by atoms with Gasteiger partial charge in [0, 0.05) is 17.3 Å². The van der Waals surface area contributed by atoms with Gasteiger partial charge in [-0.3, -0.25) is 4.79 Å². The zero-order valence-electron chi connectivity index (χ0n) is 10.5.